The van der Waals surface area contributed by atoms with Gasteiger partial charge in [0, 0.05) is 16.2 Å². The van der Waals surface area contributed by atoms with Crippen LogP contribution in [0.2, 0.25) is 0 Å². The largest absolute Gasteiger partial charge is 0.331 e. The number of rotatable bonds is 3. The number of hydrogen-bond donors (Lipinski definition) is 1. The first-order valence-corrected chi connectivity index (χ1v) is 9.36. The molecule has 3 aromatic carbocycles. The van der Waals surface area contributed by atoms with Crippen LogP contribution in [0.3, 0.4) is 0 Å². The van der Waals surface area contributed by atoms with Gasteiger partial charge in [-0.15, -0.1) is 0 Å². The molecule has 0 saturated carbocycles. The fourth-order valence-electron chi connectivity index (χ4n) is 3.73. The lowest BCUT2D eigenvalue weighted by atomic mass is 10.1. The lowest BCUT2D eigenvalue weighted by molar-refractivity contribution is -0.116. The Labute approximate surface area is 166 Å². The highest BCUT2D eigenvalue weighted by molar-refractivity contribution is 5.97. The predicted octanol–water partition coefficient (Wildman–Crippen LogP) is 4.34. The Hall–Kier alpha value is -3.99. The first-order valence-electron chi connectivity index (χ1n) is 9.36. The molecular formula is C24H17N3O2. The van der Waals surface area contributed by atoms with Crippen LogP contribution in [0.5, 0.6) is 0 Å². The van der Waals surface area contributed by atoms with Gasteiger partial charge >= 0.3 is 0 Å². The maximum atomic E-state index is 12.9. The molecule has 0 atom stereocenters. The third-order valence-electron chi connectivity index (χ3n) is 5.05. The van der Waals surface area contributed by atoms with Crippen LogP contribution >= 0.6 is 0 Å². The molecule has 0 saturated heterocycles. The second-order valence-corrected chi connectivity index (χ2v) is 6.91. The molecule has 5 nitrogen and oxygen atoms in total. The van der Waals surface area contributed by atoms with E-state index in [0.29, 0.717) is 16.5 Å². The van der Waals surface area contributed by atoms with Gasteiger partial charge in [0.2, 0.25) is 5.91 Å². The quantitative estimate of drug-likeness (QED) is 0.474. The van der Waals surface area contributed by atoms with Gasteiger partial charge < -0.3 is 9.88 Å². The molecule has 5 aromatic rings. The number of carbonyl (C=O) groups is 1. The number of fused-ring (bicyclic) bond motifs is 3. The molecule has 0 aliphatic rings. The SMILES string of the molecule is O=C(Cn1c2ccccc2c(=O)c2ccccc21)Nc1cnc2ccccc2c1. The molecular weight excluding hydrogens is 362 g/mol. The topological polar surface area (TPSA) is 64.0 Å². The number of amides is 1. The number of hydrogen-bond acceptors (Lipinski definition) is 3. The molecule has 0 bridgehead atoms. The van der Waals surface area contributed by atoms with Crippen molar-refractivity contribution in [3.8, 4) is 0 Å². The first kappa shape index (κ1) is 17.1. The highest BCUT2D eigenvalue weighted by Crippen LogP contribution is 2.20. The average molecular weight is 379 g/mol. The molecule has 29 heavy (non-hydrogen) atoms. The Balaban J connectivity index is 1.55. The zero-order valence-electron chi connectivity index (χ0n) is 15.5. The summed E-state index contributed by atoms with van der Waals surface area (Å²) >= 11 is 0. The zero-order chi connectivity index (χ0) is 19.8. The highest BCUT2D eigenvalue weighted by atomic mass is 16.2. The van der Waals surface area contributed by atoms with E-state index in [-0.39, 0.29) is 17.9 Å². The monoisotopic (exact) mass is 379 g/mol. The van der Waals surface area contributed by atoms with E-state index < -0.39 is 0 Å². The van der Waals surface area contributed by atoms with Crippen LogP contribution in [0.25, 0.3) is 32.7 Å². The summed E-state index contributed by atoms with van der Waals surface area (Å²) in [5.41, 5.74) is 2.98. The van der Waals surface area contributed by atoms with Crippen molar-refractivity contribution in [2.24, 2.45) is 0 Å². The summed E-state index contributed by atoms with van der Waals surface area (Å²) in [5, 5.41) is 5.09. The summed E-state index contributed by atoms with van der Waals surface area (Å²) in [6, 6.07) is 24.4. The number of aromatic nitrogens is 2. The molecule has 0 unspecified atom stereocenters. The van der Waals surface area contributed by atoms with Crippen LogP contribution in [-0.4, -0.2) is 15.5 Å². The molecule has 140 valence electrons. The summed E-state index contributed by atoms with van der Waals surface area (Å²) in [5.74, 6) is -0.180. The maximum absolute atomic E-state index is 12.9. The summed E-state index contributed by atoms with van der Waals surface area (Å²) in [4.78, 5) is 30.1. The van der Waals surface area contributed by atoms with Gasteiger partial charge in [-0.3, -0.25) is 14.6 Å². The van der Waals surface area contributed by atoms with E-state index >= 15 is 0 Å². The summed E-state index contributed by atoms with van der Waals surface area (Å²) < 4.78 is 1.88. The third-order valence-corrected chi connectivity index (χ3v) is 5.05. The van der Waals surface area contributed by atoms with Gasteiger partial charge in [-0.25, -0.2) is 0 Å². The summed E-state index contributed by atoms with van der Waals surface area (Å²) in [6.07, 6.45) is 1.65. The molecule has 0 aliphatic carbocycles. The average Bonchev–Trinajstić information content (AvgIpc) is 2.76. The normalized spacial score (nSPS) is 11.2. The minimum absolute atomic E-state index is 0.0217. The van der Waals surface area contributed by atoms with Crippen molar-refractivity contribution < 1.29 is 4.79 Å². The number of benzene rings is 3. The molecule has 0 spiro atoms. The number of carbonyl (C=O) groups excluding carboxylic acids is 1. The van der Waals surface area contributed by atoms with E-state index in [4.69, 9.17) is 0 Å². The second-order valence-electron chi connectivity index (χ2n) is 6.91. The van der Waals surface area contributed by atoms with Crippen LogP contribution in [0.4, 0.5) is 5.69 Å². The number of nitrogens with zero attached hydrogens (tertiary/aromatic N) is 2. The van der Waals surface area contributed by atoms with E-state index in [1.807, 2.05) is 71.3 Å². The van der Waals surface area contributed by atoms with Gasteiger partial charge in [0.25, 0.3) is 0 Å². The smallest absolute Gasteiger partial charge is 0.244 e. The Morgan fingerprint density at radius 2 is 1.48 bits per heavy atom. The standard InChI is InChI=1S/C24H17N3O2/c28-23(26-17-13-16-7-1-4-10-20(16)25-14-17)15-27-21-11-5-2-8-18(21)24(29)19-9-3-6-12-22(19)27/h1-14H,15H2,(H,26,28). The minimum atomic E-state index is -0.180. The lowest BCUT2D eigenvalue weighted by Gasteiger charge is -2.15. The van der Waals surface area contributed by atoms with E-state index in [2.05, 4.69) is 10.3 Å². The molecule has 5 heteroatoms. The van der Waals surface area contributed by atoms with E-state index in [1.54, 1.807) is 18.3 Å². The van der Waals surface area contributed by atoms with Crippen molar-refractivity contribution in [3.05, 3.63) is 95.3 Å². The molecule has 0 aliphatic heterocycles. The highest BCUT2D eigenvalue weighted by Gasteiger charge is 2.13. The van der Waals surface area contributed by atoms with Crippen molar-refractivity contribution >= 4 is 44.3 Å². The van der Waals surface area contributed by atoms with Crippen molar-refractivity contribution in [2.45, 2.75) is 6.54 Å². The van der Waals surface area contributed by atoms with E-state index in [9.17, 15) is 9.59 Å². The molecule has 5 rings (SSSR count). The number of anilines is 1. The second kappa shape index (κ2) is 6.87. The predicted molar refractivity (Wildman–Crippen MR) is 116 cm³/mol. The Morgan fingerprint density at radius 1 is 0.862 bits per heavy atom. The van der Waals surface area contributed by atoms with Crippen molar-refractivity contribution in [1.29, 1.82) is 0 Å². The molecule has 0 radical (unpaired) electrons. The maximum Gasteiger partial charge on any atom is 0.244 e. The molecule has 2 aromatic heterocycles. The number of nitrogens with one attached hydrogen (secondary N) is 1. The van der Waals surface area contributed by atoms with Crippen LogP contribution in [-0.2, 0) is 11.3 Å². The zero-order valence-corrected chi connectivity index (χ0v) is 15.5. The molecule has 0 fully saturated rings. The van der Waals surface area contributed by atoms with Crippen molar-refractivity contribution in [3.63, 3.8) is 0 Å². The molecule has 2 heterocycles. The van der Waals surface area contributed by atoms with Crippen LogP contribution in [0.15, 0.2) is 89.9 Å². The lowest BCUT2D eigenvalue weighted by Crippen LogP contribution is -2.21. The van der Waals surface area contributed by atoms with E-state index in [1.165, 1.54) is 0 Å². The fraction of sp³-hybridized carbons (Fsp3) is 0.0417. The van der Waals surface area contributed by atoms with Crippen molar-refractivity contribution in [2.75, 3.05) is 5.32 Å². The van der Waals surface area contributed by atoms with Gasteiger partial charge in [0.05, 0.1) is 28.4 Å². The van der Waals surface area contributed by atoms with Gasteiger partial charge in [-0.2, -0.15) is 0 Å². The van der Waals surface area contributed by atoms with Gasteiger partial charge in [0.15, 0.2) is 5.43 Å². The minimum Gasteiger partial charge on any atom is -0.331 e. The first-order chi connectivity index (χ1) is 14.2. The van der Waals surface area contributed by atoms with Crippen molar-refractivity contribution in [1.82, 2.24) is 9.55 Å². The van der Waals surface area contributed by atoms with E-state index in [0.717, 1.165) is 21.9 Å². The van der Waals surface area contributed by atoms with Crippen LogP contribution < -0.4 is 10.7 Å². The van der Waals surface area contributed by atoms with Gasteiger partial charge in [-0.1, -0.05) is 42.5 Å². The van der Waals surface area contributed by atoms with Crippen LogP contribution in [0, 0.1) is 0 Å². The third kappa shape index (κ3) is 3.02. The summed E-state index contributed by atoms with van der Waals surface area (Å²) in [6.45, 7) is 0.0914. The van der Waals surface area contributed by atoms with Gasteiger partial charge in [0.1, 0.15) is 6.54 Å². The Morgan fingerprint density at radius 3 is 2.21 bits per heavy atom. The number of pyridine rings is 2. The Kier molecular flexibility index (Phi) is 4.06. The Bertz CT molecular complexity index is 1390. The molecule has 1 N–H and O–H groups in total. The van der Waals surface area contributed by atoms with Crippen LogP contribution in [0.1, 0.15) is 0 Å². The molecule has 1 amide bonds. The fourth-order valence-corrected chi connectivity index (χ4v) is 3.73. The number of para-hydroxylation sites is 3. The summed E-state index contributed by atoms with van der Waals surface area (Å²) in [7, 11) is 0. The van der Waals surface area contributed by atoms with Gasteiger partial charge in [-0.05, 0) is 36.4 Å².